The van der Waals surface area contributed by atoms with Crippen LogP contribution in [0.4, 0.5) is 10.9 Å². The average molecular weight is 335 g/mol. The zero-order chi connectivity index (χ0) is 16.6. The topological polar surface area (TPSA) is 86.2 Å². The van der Waals surface area contributed by atoms with Gasteiger partial charge in [-0.3, -0.25) is 13.9 Å². The van der Waals surface area contributed by atoms with Gasteiger partial charge in [0, 0.05) is 32.1 Å². The van der Waals surface area contributed by atoms with E-state index in [1.54, 1.807) is 0 Å². The molecule has 0 unspecified atom stereocenters. The Labute approximate surface area is 138 Å². The Balaban J connectivity index is 2.12. The molecule has 1 saturated heterocycles. The lowest BCUT2D eigenvalue weighted by atomic mass is 10.2. The minimum atomic E-state index is -0.391. The summed E-state index contributed by atoms with van der Waals surface area (Å²) in [5.41, 5.74) is 6.24. The summed E-state index contributed by atoms with van der Waals surface area (Å²) < 4.78 is 2.56. The van der Waals surface area contributed by atoms with Crippen molar-refractivity contribution in [3.8, 4) is 11.3 Å². The molecule has 1 aliphatic heterocycles. The standard InChI is InChI=1S/C15H21N5O2S/c1-3-6-20-12(16)11(13(21)18(2)15(20)22)10-9-23-14(17-10)19-7-4-5-8-19/h9H,3-8,16H2,1-2H3. The number of hydrogen-bond donors (Lipinski definition) is 1. The molecule has 1 aliphatic rings. The zero-order valence-electron chi connectivity index (χ0n) is 13.4. The highest BCUT2D eigenvalue weighted by Gasteiger charge is 2.21. The van der Waals surface area contributed by atoms with Crippen LogP contribution in [0.3, 0.4) is 0 Å². The van der Waals surface area contributed by atoms with Crippen molar-refractivity contribution in [3.63, 3.8) is 0 Å². The fourth-order valence-electron chi connectivity index (χ4n) is 2.90. The molecule has 0 aromatic carbocycles. The van der Waals surface area contributed by atoms with E-state index in [0.717, 1.165) is 29.2 Å². The predicted octanol–water partition coefficient (Wildman–Crippen LogP) is 1.26. The molecular weight excluding hydrogens is 314 g/mol. The van der Waals surface area contributed by atoms with Gasteiger partial charge in [0.15, 0.2) is 5.13 Å². The van der Waals surface area contributed by atoms with Crippen LogP contribution in [0.15, 0.2) is 15.0 Å². The molecule has 23 heavy (non-hydrogen) atoms. The lowest BCUT2D eigenvalue weighted by Gasteiger charge is -2.14. The van der Waals surface area contributed by atoms with E-state index in [9.17, 15) is 9.59 Å². The van der Waals surface area contributed by atoms with E-state index in [1.165, 1.54) is 35.8 Å². The zero-order valence-corrected chi connectivity index (χ0v) is 14.2. The van der Waals surface area contributed by atoms with E-state index in [0.29, 0.717) is 17.8 Å². The van der Waals surface area contributed by atoms with E-state index in [-0.39, 0.29) is 11.5 Å². The smallest absolute Gasteiger partial charge is 0.332 e. The molecule has 3 heterocycles. The largest absolute Gasteiger partial charge is 0.384 e. The molecule has 0 saturated carbocycles. The first-order valence-corrected chi connectivity index (χ1v) is 8.72. The Hall–Kier alpha value is -2.09. The molecular formula is C15H21N5O2S. The van der Waals surface area contributed by atoms with Gasteiger partial charge in [0.2, 0.25) is 0 Å². The predicted molar refractivity (Wildman–Crippen MR) is 93.2 cm³/mol. The van der Waals surface area contributed by atoms with Gasteiger partial charge in [0.25, 0.3) is 5.56 Å². The van der Waals surface area contributed by atoms with Crippen molar-refractivity contribution in [1.29, 1.82) is 0 Å². The SMILES string of the molecule is CCCn1c(N)c(-c2csc(N3CCCC3)n2)c(=O)n(C)c1=O. The molecule has 3 rings (SSSR count). The normalized spacial score (nSPS) is 14.6. The molecule has 2 aromatic heterocycles. The fraction of sp³-hybridized carbons (Fsp3) is 0.533. The maximum Gasteiger partial charge on any atom is 0.332 e. The number of thiazole rings is 1. The highest BCUT2D eigenvalue weighted by molar-refractivity contribution is 7.14. The number of hydrogen-bond acceptors (Lipinski definition) is 6. The van der Waals surface area contributed by atoms with Gasteiger partial charge < -0.3 is 10.6 Å². The summed E-state index contributed by atoms with van der Waals surface area (Å²) in [4.78, 5) is 31.5. The summed E-state index contributed by atoms with van der Waals surface area (Å²) in [5.74, 6) is 0.207. The lowest BCUT2D eigenvalue weighted by molar-refractivity contribution is 0.600. The summed E-state index contributed by atoms with van der Waals surface area (Å²) in [6.45, 7) is 4.44. The Morgan fingerprint density at radius 1 is 1.30 bits per heavy atom. The minimum Gasteiger partial charge on any atom is -0.384 e. The molecule has 0 bridgehead atoms. The molecule has 0 atom stereocenters. The highest BCUT2D eigenvalue weighted by Crippen LogP contribution is 2.30. The van der Waals surface area contributed by atoms with Gasteiger partial charge in [-0.25, -0.2) is 9.78 Å². The maximum atomic E-state index is 12.5. The quantitative estimate of drug-likeness (QED) is 0.909. The first kappa shape index (κ1) is 15.8. The van der Waals surface area contributed by atoms with E-state index in [1.807, 2.05) is 12.3 Å². The van der Waals surface area contributed by atoms with Crippen LogP contribution in [0, 0.1) is 0 Å². The second-order valence-corrected chi connectivity index (χ2v) is 6.60. The van der Waals surface area contributed by atoms with Crippen molar-refractivity contribution in [1.82, 2.24) is 14.1 Å². The van der Waals surface area contributed by atoms with Crippen molar-refractivity contribution in [2.75, 3.05) is 23.7 Å². The third-order valence-electron chi connectivity index (χ3n) is 4.16. The van der Waals surface area contributed by atoms with Crippen LogP contribution in [-0.4, -0.2) is 27.2 Å². The average Bonchev–Trinajstić information content (AvgIpc) is 3.20. The van der Waals surface area contributed by atoms with E-state index in [4.69, 9.17) is 5.73 Å². The van der Waals surface area contributed by atoms with Gasteiger partial charge in [-0.2, -0.15) is 0 Å². The molecule has 1 fully saturated rings. The highest BCUT2D eigenvalue weighted by atomic mass is 32.1. The number of aromatic nitrogens is 3. The molecule has 8 heteroatoms. The summed E-state index contributed by atoms with van der Waals surface area (Å²) >= 11 is 1.51. The van der Waals surface area contributed by atoms with Crippen LogP contribution in [0.25, 0.3) is 11.3 Å². The molecule has 0 radical (unpaired) electrons. The lowest BCUT2D eigenvalue weighted by Crippen LogP contribution is -2.40. The molecule has 0 aliphatic carbocycles. The van der Waals surface area contributed by atoms with Crippen LogP contribution < -0.4 is 21.9 Å². The summed E-state index contributed by atoms with van der Waals surface area (Å²) in [7, 11) is 1.48. The Bertz CT molecular complexity index is 829. The van der Waals surface area contributed by atoms with Crippen molar-refractivity contribution in [3.05, 3.63) is 26.2 Å². The van der Waals surface area contributed by atoms with E-state index < -0.39 is 5.56 Å². The number of nitrogen functional groups attached to an aromatic ring is 1. The second-order valence-electron chi connectivity index (χ2n) is 5.77. The van der Waals surface area contributed by atoms with Gasteiger partial charge in [-0.15, -0.1) is 11.3 Å². The first-order chi connectivity index (χ1) is 11.0. The number of rotatable bonds is 4. The molecule has 0 amide bonds. The summed E-state index contributed by atoms with van der Waals surface area (Å²) in [6.07, 6.45) is 3.10. The van der Waals surface area contributed by atoms with Gasteiger partial charge in [0.1, 0.15) is 11.4 Å². The number of nitrogens with zero attached hydrogens (tertiary/aromatic N) is 4. The summed E-state index contributed by atoms with van der Waals surface area (Å²) in [6, 6.07) is 0. The monoisotopic (exact) mass is 335 g/mol. The number of anilines is 2. The molecule has 7 nitrogen and oxygen atoms in total. The van der Waals surface area contributed by atoms with E-state index in [2.05, 4.69) is 9.88 Å². The van der Waals surface area contributed by atoms with Gasteiger partial charge >= 0.3 is 5.69 Å². The van der Waals surface area contributed by atoms with Crippen LogP contribution in [0.1, 0.15) is 26.2 Å². The second kappa shape index (κ2) is 6.19. The first-order valence-electron chi connectivity index (χ1n) is 7.84. The van der Waals surface area contributed by atoms with Gasteiger partial charge in [-0.1, -0.05) is 6.92 Å². The van der Waals surface area contributed by atoms with Gasteiger partial charge in [0.05, 0.1) is 5.69 Å². The number of nitrogens with two attached hydrogens (primary N) is 1. The fourth-order valence-corrected chi connectivity index (χ4v) is 3.77. The van der Waals surface area contributed by atoms with Crippen LogP contribution in [-0.2, 0) is 13.6 Å². The Morgan fingerprint density at radius 2 is 2.00 bits per heavy atom. The molecule has 2 N–H and O–H groups in total. The van der Waals surface area contributed by atoms with Crippen molar-refractivity contribution in [2.24, 2.45) is 7.05 Å². The van der Waals surface area contributed by atoms with Crippen LogP contribution >= 0.6 is 11.3 Å². The summed E-state index contributed by atoms with van der Waals surface area (Å²) in [5, 5.41) is 2.76. The van der Waals surface area contributed by atoms with Crippen LogP contribution in [0.5, 0.6) is 0 Å². The Kier molecular flexibility index (Phi) is 4.25. The molecule has 2 aromatic rings. The van der Waals surface area contributed by atoms with Gasteiger partial charge in [-0.05, 0) is 19.3 Å². The Morgan fingerprint density at radius 3 is 2.65 bits per heavy atom. The van der Waals surface area contributed by atoms with Crippen molar-refractivity contribution < 1.29 is 0 Å². The third kappa shape index (κ3) is 2.67. The third-order valence-corrected chi connectivity index (χ3v) is 5.06. The molecule has 124 valence electrons. The maximum absolute atomic E-state index is 12.5. The van der Waals surface area contributed by atoms with Crippen molar-refractivity contribution >= 4 is 22.3 Å². The minimum absolute atomic E-state index is 0.207. The van der Waals surface area contributed by atoms with E-state index >= 15 is 0 Å². The molecule has 0 spiro atoms. The van der Waals surface area contributed by atoms with Crippen LogP contribution in [0.2, 0.25) is 0 Å². The van der Waals surface area contributed by atoms with Crippen molar-refractivity contribution in [2.45, 2.75) is 32.7 Å².